The summed E-state index contributed by atoms with van der Waals surface area (Å²) in [6.45, 7) is 0. The van der Waals surface area contributed by atoms with Crippen LogP contribution in [0.3, 0.4) is 0 Å². The Morgan fingerprint density at radius 1 is 1.17 bits per heavy atom. The van der Waals surface area contributed by atoms with Crippen molar-refractivity contribution in [1.82, 2.24) is 0 Å². The Morgan fingerprint density at radius 2 is 1.86 bits per heavy atom. The van der Waals surface area contributed by atoms with Gasteiger partial charge in [0, 0.05) is 37.1 Å². The van der Waals surface area contributed by atoms with E-state index in [1.165, 1.54) is 37.4 Å². The molecule has 0 bridgehead atoms. The smallest absolute Gasteiger partial charge is 0.248 e. The summed E-state index contributed by atoms with van der Waals surface area (Å²) in [5.74, 6) is 0.853. The molecule has 0 radical (unpaired) electrons. The van der Waals surface area contributed by atoms with E-state index in [9.17, 15) is 13.2 Å². The van der Waals surface area contributed by atoms with Gasteiger partial charge in [-0.05, 0) is 36.6 Å². The van der Waals surface area contributed by atoms with Crippen molar-refractivity contribution >= 4 is 44.0 Å². The summed E-state index contributed by atoms with van der Waals surface area (Å²) in [6, 6.07) is 7.84. The predicted molar refractivity (Wildman–Crippen MR) is 121 cm³/mol. The van der Waals surface area contributed by atoms with Crippen molar-refractivity contribution in [2.75, 3.05) is 35.4 Å². The molecule has 29 heavy (non-hydrogen) atoms. The number of carbonyl (C=O) groups excluding carboxylic acids is 1. The summed E-state index contributed by atoms with van der Waals surface area (Å²) >= 11 is 1.45. The Kier molecular flexibility index (Phi) is 5.93. The molecule has 1 amide bonds. The monoisotopic (exact) mass is 435 g/mol. The molecule has 2 saturated heterocycles. The number of rotatable bonds is 5. The summed E-state index contributed by atoms with van der Waals surface area (Å²) < 4.78 is 24.4. The molecule has 2 atom stereocenters. The molecule has 2 aliphatic heterocycles. The van der Waals surface area contributed by atoms with E-state index < -0.39 is 9.84 Å². The van der Waals surface area contributed by atoms with E-state index in [2.05, 4.69) is 4.99 Å². The van der Waals surface area contributed by atoms with Gasteiger partial charge in [0.05, 0.1) is 17.5 Å². The number of hydrogen-bond donors (Lipinski definition) is 0. The van der Waals surface area contributed by atoms with E-state index in [-0.39, 0.29) is 28.7 Å². The van der Waals surface area contributed by atoms with E-state index >= 15 is 0 Å². The number of thioether (sulfide) groups is 1. The van der Waals surface area contributed by atoms with Crippen LogP contribution in [0.15, 0.2) is 29.3 Å². The Labute approximate surface area is 177 Å². The van der Waals surface area contributed by atoms with Crippen molar-refractivity contribution in [1.29, 1.82) is 0 Å². The highest BCUT2D eigenvalue weighted by atomic mass is 32.2. The van der Waals surface area contributed by atoms with Crippen LogP contribution in [0.2, 0.25) is 0 Å². The quantitative estimate of drug-likeness (QED) is 0.707. The van der Waals surface area contributed by atoms with Gasteiger partial charge in [0.2, 0.25) is 5.91 Å². The normalized spacial score (nSPS) is 27.5. The molecule has 0 unspecified atom stereocenters. The lowest BCUT2D eigenvalue weighted by atomic mass is 10.0. The average molecular weight is 436 g/mol. The van der Waals surface area contributed by atoms with Crippen LogP contribution in [0, 0.1) is 5.92 Å². The van der Waals surface area contributed by atoms with Gasteiger partial charge in [-0.2, -0.15) is 4.99 Å². The largest absolute Gasteiger partial charge is 0.378 e. The summed E-state index contributed by atoms with van der Waals surface area (Å²) in [5, 5.41) is 0.596. The molecular weight excluding hydrogens is 406 g/mol. The van der Waals surface area contributed by atoms with Gasteiger partial charge in [-0.25, -0.2) is 8.42 Å². The first kappa shape index (κ1) is 20.7. The third-order valence-electron chi connectivity index (χ3n) is 6.17. The van der Waals surface area contributed by atoms with Crippen LogP contribution in [-0.4, -0.2) is 56.4 Å². The number of nitrogens with zero attached hydrogens (tertiary/aromatic N) is 3. The van der Waals surface area contributed by atoms with E-state index in [1.807, 2.05) is 48.2 Å². The summed E-state index contributed by atoms with van der Waals surface area (Å²) in [7, 11) is 0.913. The van der Waals surface area contributed by atoms with Gasteiger partial charge in [0.25, 0.3) is 0 Å². The van der Waals surface area contributed by atoms with Crippen molar-refractivity contribution in [3.8, 4) is 0 Å². The Hall–Kier alpha value is -1.54. The second-order valence-corrected chi connectivity index (χ2v) is 11.9. The van der Waals surface area contributed by atoms with Gasteiger partial charge in [0.1, 0.15) is 0 Å². The number of amides is 1. The highest BCUT2D eigenvalue weighted by molar-refractivity contribution is 8.16. The first-order chi connectivity index (χ1) is 13.8. The number of hydrogen-bond acceptors (Lipinski definition) is 5. The van der Waals surface area contributed by atoms with Gasteiger partial charge >= 0.3 is 0 Å². The average Bonchev–Trinajstić information content (AvgIpc) is 3.34. The van der Waals surface area contributed by atoms with E-state index in [0.29, 0.717) is 17.5 Å². The SMILES string of the molecule is CN(C)c1ccc(N2C(=NC(=O)CCC3CCCC3)S[C@H]3CS(=O)(=O)C[C@@H]32)cc1. The zero-order valence-electron chi connectivity index (χ0n) is 17.1. The molecule has 0 N–H and O–H groups in total. The Bertz CT molecular complexity index is 890. The van der Waals surface area contributed by atoms with Gasteiger partial charge in [0.15, 0.2) is 15.0 Å². The van der Waals surface area contributed by atoms with E-state index in [0.717, 1.165) is 17.8 Å². The van der Waals surface area contributed by atoms with Crippen LogP contribution < -0.4 is 9.80 Å². The van der Waals surface area contributed by atoms with Gasteiger partial charge in [-0.15, -0.1) is 0 Å². The molecule has 1 aromatic rings. The molecule has 0 spiro atoms. The van der Waals surface area contributed by atoms with Crippen LogP contribution in [0.25, 0.3) is 0 Å². The minimum absolute atomic E-state index is 0.0603. The maximum atomic E-state index is 12.6. The molecule has 2 heterocycles. The Morgan fingerprint density at radius 3 is 2.52 bits per heavy atom. The second-order valence-electron chi connectivity index (χ2n) is 8.56. The van der Waals surface area contributed by atoms with Gasteiger partial charge < -0.3 is 9.80 Å². The molecule has 6 nitrogen and oxygen atoms in total. The third-order valence-corrected chi connectivity index (χ3v) is 9.38. The molecule has 1 saturated carbocycles. The zero-order chi connectivity index (χ0) is 20.6. The number of aliphatic imine (C=N–C) groups is 1. The summed E-state index contributed by atoms with van der Waals surface area (Å²) in [4.78, 5) is 21.0. The van der Waals surface area contributed by atoms with Gasteiger partial charge in [-0.3, -0.25) is 4.79 Å². The van der Waals surface area contributed by atoms with Crippen molar-refractivity contribution in [3.63, 3.8) is 0 Å². The number of anilines is 2. The number of carbonyl (C=O) groups is 1. The number of sulfone groups is 1. The van der Waals surface area contributed by atoms with Crippen molar-refractivity contribution in [2.45, 2.75) is 49.8 Å². The topological polar surface area (TPSA) is 70.0 Å². The Balaban J connectivity index is 1.55. The molecule has 8 heteroatoms. The van der Waals surface area contributed by atoms with Gasteiger partial charge in [-0.1, -0.05) is 37.4 Å². The van der Waals surface area contributed by atoms with Crippen LogP contribution in [-0.2, 0) is 14.6 Å². The molecule has 3 fully saturated rings. The molecule has 0 aromatic heterocycles. The lowest BCUT2D eigenvalue weighted by Gasteiger charge is -2.25. The van der Waals surface area contributed by atoms with Crippen molar-refractivity contribution < 1.29 is 13.2 Å². The van der Waals surface area contributed by atoms with Crippen molar-refractivity contribution in [2.24, 2.45) is 10.9 Å². The molecule has 1 aromatic carbocycles. The minimum atomic E-state index is -3.05. The predicted octanol–water partition coefficient (Wildman–Crippen LogP) is 3.32. The first-order valence-corrected chi connectivity index (χ1v) is 13.1. The molecule has 4 rings (SSSR count). The number of amidine groups is 1. The first-order valence-electron chi connectivity index (χ1n) is 10.4. The third kappa shape index (κ3) is 4.63. The van der Waals surface area contributed by atoms with E-state index in [4.69, 9.17) is 0 Å². The van der Waals surface area contributed by atoms with Crippen LogP contribution in [0.1, 0.15) is 38.5 Å². The summed E-state index contributed by atoms with van der Waals surface area (Å²) in [6.07, 6.45) is 6.40. The number of fused-ring (bicyclic) bond motifs is 1. The van der Waals surface area contributed by atoms with Crippen LogP contribution in [0.4, 0.5) is 11.4 Å². The lowest BCUT2D eigenvalue weighted by molar-refractivity contribution is -0.118. The standard InChI is InChI=1S/C21H29N3O3S2/c1-23(2)16-8-10-17(11-9-16)24-18-13-29(26,27)14-19(18)28-21(24)22-20(25)12-7-15-5-3-4-6-15/h8-11,15,18-19H,3-7,12-14H2,1-2H3/t18-,19-/m0/s1. The maximum Gasteiger partial charge on any atom is 0.248 e. The number of benzene rings is 1. The summed E-state index contributed by atoms with van der Waals surface area (Å²) in [5.41, 5.74) is 1.97. The lowest BCUT2D eigenvalue weighted by Crippen LogP contribution is -2.37. The fourth-order valence-electron chi connectivity index (χ4n) is 4.57. The molecule has 158 valence electrons. The van der Waals surface area contributed by atoms with Crippen molar-refractivity contribution in [3.05, 3.63) is 24.3 Å². The fraction of sp³-hybridized carbons (Fsp3) is 0.619. The molecule has 3 aliphatic rings. The maximum absolute atomic E-state index is 12.6. The molecular formula is C21H29N3O3S2. The second kappa shape index (κ2) is 8.30. The molecule has 1 aliphatic carbocycles. The van der Waals surface area contributed by atoms with Crippen LogP contribution in [0.5, 0.6) is 0 Å². The highest BCUT2D eigenvalue weighted by Gasteiger charge is 2.49. The van der Waals surface area contributed by atoms with Crippen LogP contribution >= 0.6 is 11.8 Å². The zero-order valence-corrected chi connectivity index (χ0v) is 18.7. The van der Waals surface area contributed by atoms with E-state index in [1.54, 1.807) is 0 Å². The fourth-order valence-corrected chi connectivity index (χ4v) is 8.50. The highest BCUT2D eigenvalue weighted by Crippen LogP contribution is 2.41. The minimum Gasteiger partial charge on any atom is -0.378 e.